The molecule has 1 aliphatic rings. The maximum absolute atomic E-state index is 12.3. The van der Waals surface area contributed by atoms with Crippen molar-refractivity contribution in [2.45, 2.75) is 6.54 Å². The second-order valence-corrected chi connectivity index (χ2v) is 7.06. The molecular formula is C17H10ClN3O4S. The third-order valence-corrected chi connectivity index (χ3v) is 4.96. The van der Waals surface area contributed by atoms with E-state index in [1.165, 1.54) is 29.7 Å². The van der Waals surface area contributed by atoms with Gasteiger partial charge in [0.1, 0.15) is 4.88 Å². The van der Waals surface area contributed by atoms with E-state index in [1.54, 1.807) is 35.1 Å². The summed E-state index contributed by atoms with van der Waals surface area (Å²) >= 11 is 7.01. The Morgan fingerprint density at radius 1 is 1.12 bits per heavy atom. The largest absolute Gasteiger partial charge is 0.373 e. The van der Waals surface area contributed by atoms with Crippen LogP contribution in [-0.4, -0.2) is 32.6 Å². The molecule has 3 aromatic rings. The van der Waals surface area contributed by atoms with E-state index in [2.05, 4.69) is 5.10 Å². The normalized spacial score (nSPS) is 13.2. The first kappa shape index (κ1) is 16.5. The highest BCUT2D eigenvalue weighted by atomic mass is 35.5. The maximum atomic E-state index is 12.3. The summed E-state index contributed by atoms with van der Waals surface area (Å²) < 4.78 is 1.63. The van der Waals surface area contributed by atoms with Crippen molar-refractivity contribution in [3.05, 3.63) is 74.7 Å². The van der Waals surface area contributed by atoms with Crippen LogP contribution in [0.4, 0.5) is 0 Å². The van der Waals surface area contributed by atoms with Gasteiger partial charge in [0.2, 0.25) is 0 Å². The standard InChI is InChI=1S/C17H10ClN3O4S/c18-10-7-19-20(8-10)9-11-5-6-14(26-11)17(24)25-21-15(22)12-3-1-2-4-13(12)16(21)23/h1-8H,9H2. The predicted molar refractivity (Wildman–Crippen MR) is 93.0 cm³/mol. The van der Waals surface area contributed by atoms with Crippen LogP contribution >= 0.6 is 22.9 Å². The van der Waals surface area contributed by atoms with Gasteiger partial charge in [0.15, 0.2) is 0 Å². The monoisotopic (exact) mass is 387 g/mol. The van der Waals surface area contributed by atoms with E-state index in [4.69, 9.17) is 16.4 Å². The van der Waals surface area contributed by atoms with Crippen LogP contribution in [0.5, 0.6) is 0 Å². The van der Waals surface area contributed by atoms with E-state index in [9.17, 15) is 14.4 Å². The van der Waals surface area contributed by atoms with Crippen LogP contribution in [-0.2, 0) is 11.4 Å². The van der Waals surface area contributed by atoms with Gasteiger partial charge in [0, 0.05) is 11.1 Å². The van der Waals surface area contributed by atoms with Crippen molar-refractivity contribution in [2.24, 2.45) is 0 Å². The number of fused-ring (bicyclic) bond motifs is 1. The summed E-state index contributed by atoms with van der Waals surface area (Å²) in [5, 5.41) is 5.09. The zero-order valence-electron chi connectivity index (χ0n) is 13.1. The topological polar surface area (TPSA) is 81.5 Å². The van der Waals surface area contributed by atoms with Gasteiger partial charge >= 0.3 is 5.97 Å². The molecule has 1 aromatic carbocycles. The van der Waals surface area contributed by atoms with Gasteiger partial charge in [-0.1, -0.05) is 28.8 Å². The van der Waals surface area contributed by atoms with Crippen LogP contribution < -0.4 is 0 Å². The molecule has 130 valence electrons. The van der Waals surface area contributed by atoms with Gasteiger partial charge < -0.3 is 4.84 Å². The number of carbonyl (C=O) groups is 3. The van der Waals surface area contributed by atoms with Crippen LogP contribution in [0.1, 0.15) is 35.3 Å². The lowest BCUT2D eigenvalue weighted by molar-refractivity contribution is -0.0581. The molecule has 0 saturated carbocycles. The Morgan fingerprint density at radius 2 is 1.81 bits per heavy atom. The lowest BCUT2D eigenvalue weighted by atomic mass is 10.1. The number of rotatable bonds is 4. The minimum atomic E-state index is -0.769. The second-order valence-electron chi connectivity index (χ2n) is 5.45. The van der Waals surface area contributed by atoms with E-state index in [0.717, 1.165) is 4.88 Å². The van der Waals surface area contributed by atoms with Gasteiger partial charge in [0.25, 0.3) is 11.8 Å². The number of halogens is 1. The van der Waals surface area contributed by atoms with Gasteiger partial charge in [-0.25, -0.2) is 4.79 Å². The van der Waals surface area contributed by atoms with E-state index in [1.807, 2.05) is 0 Å². The first-order chi connectivity index (χ1) is 12.5. The zero-order chi connectivity index (χ0) is 18.3. The fraction of sp³-hybridized carbons (Fsp3) is 0.0588. The highest BCUT2D eigenvalue weighted by molar-refractivity contribution is 7.13. The summed E-state index contributed by atoms with van der Waals surface area (Å²) in [5.41, 5.74) is 0.431. The molecular weight excluding hydrogens is 378 g/mol. The van der Waals surface area contributed by atoms with Crippen LogP contribution in [0.3, 0.4) is 0 Å². The fourth-order valence-corrected chi connectivity index (χ4v) is 3.56. The number of amides is 2. The third kappa shape index (κ3) is 2.89. The van der Waals surface area contributed by atoms with Crippen molar-refractivity contribution in [1.82, 2.24) is 14.8 Å². The Bertz CT molecular complexity index is 1010. The molecule has 26 heavy (non-hydrogen) atoms. The first-order valence-corrected chi connectivity index (χ1v) is 8.69. The maximum Gasteiger partial charge on any atom is 0.373 e. The molecule has 0 fully saturated rings. The van der Waals surface area contributed by atoms with Gasteiger partial charge in [0.05, 0.1) is 28.9 Å². The molecule has 0 bridgehead atoms. The summed E-state index contributed by atoms with van der Waals surface area (Å²) in [7, 11) is 0. The Balaban J connectivity index is 1.48. The smallest absolute Gasteiger partial charge is 0.323 e. The second kappa shape index (κ2) is 6.40. The summed E-state index contributed by atoms with van der Waals surface area (Å²) in [6, 6.07) is 9.64. The van der Waals surface area contributed by atoms with Gasteiger partial charge in [-0.2, -0.15) is 5.10 Å². The van der Waals surface area contributed by atoms with Crippen molar-refractivity contribution in [3.63, 3.8) is 0 Å². The summed E-state index contributed by atoms with van der Waals surface area (Å²) in [4.78, 5) is 42.9. The Morgan fingerprint density at radius 3 is 2.42 bits per heavy atom. The number of carbonyl (C=O) groups excluding carboxylic acids is 3. The van der Waals surface area contributed by atoms with Crippen LogP contribution in [0, 0.1) is 0 Å². The molecule has 3 heterocycles. The first-order valence-electron chi connectivity index (χ1n) is 7.50. The molecule has 0 saturated heterocycles. The Labute approximate surface area is 156 Å². The van der Waals surface area contributed by atoms with Crippen molar-refractivity contribution in [3.8, 4) is 0 Å². The SMILES string of the molecule is O=C(ON1C(=O)c2ccccc2C1=O)c1ccc(Cn2cc(Cl)cn2)s1. The minimum absolute atomic E-state index is 0.215. The molecule has 0 aliphatic carbocycles. The molecule has 4 rings (SSSR count). The average molecular weight is 388 g/mol. The van der Waals surface area contributed by atoms with Gasteiger partial charge in [-0.05, 0) is 24.3 Å². The van der Waals surface area contributed by atoms with Crippen molar-refractivity contribution >= 4 is 40.7 Å². The Kier molecular flexibility index (Phi) is 4.06. The van der Waals surface area contributed by atoms with E-state index < -0.39 is 17.8 Å². The van der Waals surface area contributed by atoms with Gasteiger partial charge in [-0.15, -0.1) is 11.3 Å². The lowest BCUT2D eigenvalue weighted by Gasteiger charge is -2.11. The number of hydroxylamine groups is 2. The van der Waals surface area contributed by atoms with E-state index in [-0.39, 0.29) is 16.0 Å². The minimum Gasteiger partial charge on any atom is -0.323 e. The molecule has 9 heteroatoms. The third-order valence-electron chi connectivity index (χ3n) is 3.71. The highest BCUT2D eigenvalue weighted by Crippen LogP contribution is 2.25. The molecule has 1 aliphatic heterocycles. The zero-order valence-corrected chi connectivity index (χ0v) is 14.7. The molecule has 7 nitrogen and oxygen atoms in total. The Hall–Kier alpha value is -2.97. The van der Waals surface area contributed by atoms with Crippen LogP contribution in [0.2, 0.25) is 5.02 Å². The van der Waals surface area contributed by atoms with Gasteiger partial charge in [-0.3, -0.25) is 14.3 Å². The van der Waals surface area contributed by atoms with E-state index >= 15 is 0 Å². The molecule has 2 amide bonds. The highest BCUT2D eigenvalue weighted by Gasteiger charge is 2.38. The molecule has 0 atom stereocenters. The number of benzene rings is 1. The number of hydrogen-bond acceptors (Lipinski definition) is 6. The summed E-state index contributed by atoms with van der Waals surface area (Å²) in [6.45, 7) is 0.442. The molecule has 0 unspecified atom stereocenters. The molecule has 0 radical (unpaired) electrons. The molecule has 2 aromatic heterocycles. The van der Waals surface area contributed by atoms with Crippen molar-refractivity contribution in [1.29, 1.82) is 0 Å². The average Bonchev–Trinajstić information content (AvgIpc) is 3.32. The van der Waals surface area contributed by atoms with Crippen LogP contribution in [0.25, 0.3) is 0 Å². The molecule has 0 N–H and O–H groups in total. The number of imide groups is 1. The van der Waals surface area contributed by atoms with Crippen molar-refractivity contribution < 1.29 is 19.2 Å². The van der Waals surface area contributed by atoms with Crippen molar-refractivity contribution in [2.75, 3.05) is 0 Å². The molecule has 0 spiro atoms. The summed E-state index contributed by atoms with van der Waals surface area (Å²) in [5.74, 6) is -2.07. The quantitative estimate of drug-likeness (QED) is 0.643. The summed E-state index contributed by atoms with van der Waals surface area (Å²) in [6.07, 6.45) is 3.19. The number of hydrogen-bond donors (Lipinski definition) is 0. The predicted octanol–water partition coefficient (Wildman–Crippen LogP) is 3.01. The number of aromatic nitrogens is 2. The van der Waals surface area contributed by atoms with Crippen LogP contribution in [0.15, 0.2) is 48.8 Å². The lowest BCUT2D eigenvalue weighted by Crippen LogP contribution is -2.32. The van der Waals surface area contributed by atoms with E-state index in [0.29, 0.717) is 16.6 Å². The number of thiophene rings is 1. The fourth-order valence-electron chi connectivity index (χ4n) is 2.54. The number of nitrogens with zero attached hydrogens (tertiary/aromatic N) is 3.